The summed E-state index contributed by atoms with van der Waals surface area (Å²) >= 11 is 0. The Labute approximate surface area is 128 Å². The van der Waals surface area contributed by atoms with Gasteiger partial charge in [0.2, 0.25) is 5.91 Å². The Balaban J connectivity index is 0.00000161. The molecule has 0 bridgehead atoms. The van der Waals surface area contributed by atoms with E-state index in [2.05, 4.69) is 15.6 Å². The predicted octanol–water partition coefficient (Wildman–Crippen LogP) is 1.93. The molecule has 0 aliphatic carbocycles. The maximum absolute atomic E-state index is 11.9. The van der Waals surface area contributed by atoms with Crippen LogP contribution in [0.5, 0.6) is 0 Å². The Hall–Kier alpha value is -2.40. The van der Waals surface area contributed by atoms with Crippen LogP contribution in [0.1, 0.15) is 21.5 Å². The number of pyridine rings is 1. The van der Waals surface area contributed by atoms with Crippen LogP contribution in [0.15, 0.2) is 42.7 Å². The fraction of sp³-hybridized carbons (Fsp3) is 0.133. The molecule has 0 atom stereocenters. The summed E-state index contributed by atoms with van der Waals surface area (Å²) in [6.07, 6.45) is 3.57. The van der Waals surface area contributed by atoms with Gasteiger partial charge < -0.3 is 10.6 Å². The zero-order valence-corrected chi connectivity index (χ0v) is 11.9. The molecule has 2 aromatic rings. The van der Waals surface area contributed by atoms with Crippen molar-refractivity contribution in [2.75, 3.05) is 5.32 Å². The lowest BCUT2D eigenvalue weighted by atomic mass is 10.1. The summed E-state index contributed by atoms with van der Waals surface area (Å²) in [6, 6.07) is 9.05. The highest BCUT2D eigenvalue weighted by molar-refractivity contribution is 5.99. The maximum Gasteiger partial charge on any atom is 0.251 e. The molecule has 0 spiro atoms. The maximum atomic E-state index is 11.9. The highest BCUT2D eigenvalue weighted by Gasteiger charge is 2.17. The van der Waals surface area contributed by atoms with E-state index in [1.807, 2.05) is 18.2 Å². The fourth-order valence-corrected chi connectivity index (χ4v) is 2.18. The fourth-order valence-electron chi connectivity index (χ4n) is 2.18. The van der Waals surface area contributed by atoms with Gasteiger partial charge in [-0.2, -0.15) is 0 Å². The van der Waals surface area contributed by atoms with E-state index in [0.717, 1.165) is 16.8 Å². The van der Waals surface area contributed by atoms with E-state index < -0.39 is 0 Å². The molecule has 1 aliphatic heterocycles. The number of nitrogens with zero attached hydrogens (tertiary/aromatic N) is 1. The number of amides is 2. The molecule has 108 valence electrons. The molecule has 2 heterocycles. The summed E-state index contributed by atoms with van der Waals surface area (Å²) in [5.74, 6) is -0.125. The molecule has 2 N–H and O–H groups in total. The molecule has 0 unspecified atom stereocenters. The second-order valence-electron chi connectivity index (χ2n) is 4.64. The number of carbonyl (C=O) groups is 2. The van der Waals surface area contributed by atoms with E-state index in [1.165, 1.54) is 0 Å². The van der Waals surface area contributed by atoms with Crippen molar-refractivity contribution in [3.8, 4) is 0 Å². The third-order valence-corrected chi connectivity index (χ3v) is 3.19. The van der Waals surface area contributed by atoms with Crippen molar-refractivity contribution >= 4 is 29.9 Å². The number of halogens is 1. The van der Waals surface area contributed by atoms with Gasteiger partial charge in [0.25, 0.3) is 5.91 Å². The van der Waals surface area contributed by atoms with Crippen molar-refractivity contribution in [2.45, 2.75) is 13.0 Å². The van der Waals surface area contributed by atoms with Gasteiger partial charge in [0, 0.05) is 30.2 Å². The van der Waals surface area contributed by atoms with Crippen LogP contribution < -0.4 is 10.6 Å². The molecule has 0 saturated heterocycles. The van der Waals surface area contributed by atoms with E-state index in [-0.39, 0.29) is 24.2 Å². The Morgan fingerprint density at radius 1 is 1.24 bits per heavy atom. The van der Waals surface area contributed by atoms with Crippen LogP contribution in [-0.4, -0.2) is 16.8 Å². The number of anilines is 1. The molecule has 6 heteroatoms. The van der Waals surface area contributed by atoms with Gasteiger partial charge in [-0.15, -0.1) is 12.4 Å². The average Bonchev–Trinajstić information content (AvgIpc) is 2.85. The molecule has 2 amide bonds. The molecular formula is C15H14ClN3O2. The summed E-state index contributed by atoms with van der Waals surface area (Å²) in [6.45, 7) is 0.433. The number of hydrogen-bond acceptors (Lipinski definition) is 3. The quantitative estimate of drug-likeness (QED) is 0.910. The first-order valence-electron chi connectivity index (χ1n) is 6.32. The zero-order valence-electron chi connectivity index (χ0n) is 11.1. The smallest absolute Gasteiger partial charge is 0.251 e. The van der Waals surface area contributed by atoms with Gasteiger partial charge in [-0.3, -0.25) is 14.6 Å². The van der Waals surface area contributed by atoms with Crippen molar-refractivity contribution in [1.29, 1.82) is 0 Å². The number of fused-ring (bicyclic) bond motifs is 1. The third kappa shape index (κ3) is 3.38. The normalized spacial score (nSPS) is 12.1. The number of hydrogen-bond donors (Lipinski definition) is 2. The van der Waals surface area contributed by atoms with Crippen LogP contribution in [0.4, 0.5) is 5.69 Å². The van der Waals surface area contributed by atoms with Crippen molar-refractivity contribution in [3.05, 3.63) is 59.4 Å². The van der Waals surface area contributed by atoms with Crippen molar-refractivity contribution < 1.29 is 9.59 Å². The molecular weight excluding hydrogens is 290 g/mol. The van der Waals surface area contributed by atoms with Crippen molar-refractivity contribution in [3.63, 3.8) is 0 Å². The van der Waals surface area contributed by atoms with Crippen LogP contribution in [0.25, 0.3) is 0 Å². The second kappa shape index (κ2) is 6.37. The molecule has 1 aromatic carbocycles. The van der Waals surface area contributed by atoms with E-state index in [4.69, 9.17) is 0 Å². The summed E-state index contributed by atoms with van der Waals surface area (Å²) in [7, 11) is 0. The molecule has 0 radical (unpaired) electrons. The number of carbonyl (C=O) groups excluding carboxylic acids is 2. The largest absolute Gasteiger partial charge is 0.348 e. The number of aromatic nitrogens is 1. The molecule has 21 heavy (non-hydrogen) atoms. The molecule has 5 nitrogen and oxygen atoms in total. The minimum atomic E-state index is -0.137. The second-order valence-corrected chi connectivity index (χ2v) is 4.64. The van der Waals surface area contributed by atoms with Gasteiger partial charge >= 0.3 is 0 Å². The van der Waals surface area contributed by atoms with Gasteiger partial charge in [-0.1, -0.05) is 12.1 Å². The minimum absolute atomic E-state index is 0. The first kappa shape index (κ1) is 15.0. The first-order valence-corrected chi connectivity index (χ1v) is 6.32. The van der Waals surface area contributed by atoms with Gasteiger partial charge in [-0.25, -0.2) is 0 Å². The zero-order chi connectivity index (χ0) is 13.9. The Morgan fingerprint density at radius 3 is 2.76 bits per heavy atom. The SMILES string of the molecule is Cl.O=C1Cc2cc(CNC(=O)c3ccncc3)ccc2N1. The lowest BCUT2D eigenvalue weighted by molar-refractivity contribution is -0.115. The molecule has 1 aromatic heterocycles. The van der Waals surface area contributed by atoms with Crippen LogP contribution in [0, 0.1) is 0 Å². The highest BCUT2D eigenvalue weighted by atomic mass is 35.5. The third-order valence-electron chi connectivity index (χ3n) is 3.19. The van der Waals surface area contributed by atoms with E-state index >= 15 is 0 Å². The standard InChI is InChI=1S/C15H13N3O2.ClH/c19-14-8-12-7-10(1-2-13(12)18-14)9-17-15(20)11-3-5-16-6-4-11;/h1-7H,8-9H2,(H,17,20)(H,18,19);1H. The number of nitrogens with one attached hydrogen (secondary N) is 2. The number of benzene rings is 1. The molecule has 3 rings (SSSR count). The van der Waals surface area contributed by atoms with Gasteiger partial charge in [0.05, 0.1) is 6.42 Å². The highest BCUT2D eigenvalue weighted by Crippen LogP contribution is 2.23. The summed E-state index contributed by atoms with van der Waals surface area (Å²) in [4.78, 5) is 27.0. The summed E-state index contributed by atoms with van der Waals surface area (Å²) in [5, 5.41) is 5.63. The lowest BCUT2D eigenvalue weighted by Gasteiger charge is -2.07. The topological polar surface area (TPSA) is 71.1 Å². The molecule has 0 fully saturated rings. The van der Waals surface area contributed by atoms with Crippen molar-refractivity contribution in [2.24, 2.45) is 0 Å². The Morgan fingerprint density at radius 2 is 2.00 bits per heavy atom. The van der Waals surface area contributed by atoms with E-state index in [0.29, 0.717) is 18.5 Å². The van der Waals surface area contributed by atoms with E-state index in [9.17, 15) is 9.59 Å². The minimum Gasteiger partial charge on any atom is -0.348 e. The van der Waals surface area contributed by atoms with Crippen LogP contribution in [0.2, 0.25) is 0 Å². The van der Waals surface area contributed by atoms with Crippen LogP contribution in [0.3, 0.4) is 0 Å². The monoisotopic (exact) mass is 303 g/mol. The summed E-state index contributed by atoms with van der Waals surface area (Å²) in [5.41, 5.74) is 3.39. The van der Waals surface area contributed by atoms with Gasteiger partial charge in [-0.05, 0) is 29.3 Å². The predicted molar refractivity (Wildman–Crippen MR) is 81.4 cm³/mol. The Bertz CT molecular complexity index is 674. The first-order chi connectivity index (χ1) is 9.72. The Kier molecular flexibility index (Phi) is 4.55. The lowest BCUT2D eigenvalue weighted by Crippen LogP contribution is -2.22. The van der Waals surface area contributed by atoms with Crippen LogP contribution in [-0.2, 0) is 17.8 Å². The molecule has 0 saturated carbocycles. The van der Waals surface area contributed by atoms with Gasteiger partial charge in [0.15, 0.2) is 0 Å². The number of rotatable bonds is 3. The van der Waals surface area contributed by atoms with Gasteiger partial charge in [0.1, 0.15) is 0 Å². The van der Waals surface area contributed by atoms with Crippen LogP contribution >= 0.6 is 12.4 Å². The average molecular weight is 304 g/mol. The van der Waals surface area contributed by atoms with Crippen molar-refractivity contribution in [1.82, 2.24) is 10.3 Å². The van der Waals surface area contributed by atoms with E-state index in [1.54, 1.807) is 24.5 Å². The summed E-state index contributed by atoms with van der Waals surface area (Å²) < 4.78 is 0. The molecule has 1 aliphatic rings.